The van der Waals surface area contributed by atoms with Gasteiger partial charge in [0, 0.05) is 12.5 Å². The molecule has 0 unspecified atom stereocenters. The van der Waals surface area contributed by atoms with E-state index in [1.807, 2.05) is 12.1 Å². The van der Waals surface area contributed by atoms with E-state index in [1.165, 1.54) is 5.69 Å². The SMILES string of the molecule is CCCc1nc(C)c2n1-c1nc(OC)ccc1NC2.Cl. The van der Waals surface area contributed by atoms with Crippen LogP contribution in [-0.4, -0.2) is 21.6 Å². The van der Waals surface area contributed by atoms with Crippen molar-refractivity contribution in [3.8, 4) is 11.7 Å². The van der Waals surface area contributed by atoms with Gasteiger partial charge in [-0.2, -0.15) is 4.98 Å². The van der Waals surface area contributed by atoms with E-state index in [2.05, 4.69) is 33.7 Å². The third kappa shape index (κ3) is 2.22. The summed E-state index contributed by atoms with van der Waals surface area (Å²) in [4.78, 5) is 9.25. The van der Waals surface area contributed by atoms with Crippen LogP contribution in [0, 0.1) is 6.92 Å². The highest BCUT2D eigenvalue weighted by Crippen LogP contribution is 2.30. The van der Waals surface area contributed by atoms with Gasteiger partial charge in [-0.15, -0.1) is 12.4 Å². The zero-order chi connectivity index (χ0) is 13.4. The van der Waals surface area contributed by atoms with Crippen molar-refractivity contribution in [1.82, 2.24) is 14.5 Å². The van der Waals surface area contributed by atoms with E-state index in [-0.39, 0.29) is 12.4 Å². The lowest BCUT2D eigenvalue weighted by atomic mass is 10.2. The molecule has 108 valence electrons. The fourth-order valence-corrected chi connectivity index (χ4v) is 2.51. The van der Waals surface area contributed by atoms with Crippen molar-refractivity contribution in [3.63, 3.8) is 0 Å². The maximum Gasteiger partial charge on any atom is 0.215 e. The Morgan fingerprint density at radius 2 is 2.15 bits per heavy atom. The van der Waals surface area contributed by atoms with Crippen LogP contribution in [0.3, 0.4) is 0 Å². The average molecular weight is 295 g/mol. The summed E-state index contributed by atoms with van der Waals surface area (Å²) in [6.45, 7) is 5.01. The number of anilines is 1. The predicted octanol–water partition coefficient (Wildman–Crippen LogP) is 2.88. The Labute approximate surface area is 124 Å². The number of fused-ring (bicyclic) bond motifs is 3. The second kappa shape index (κ2) is 5.71. The number of hydrogen-bond donors (Lipinski definition) is 1. The number of pyridine rings is 1. The standard InChI is InChI=1S/C14H18N4O.ClH/c1-4-5-12-16-9(2)11-8-15-10-6-7-13(19-3)17-14(10)18(11)12;/h6-7,15H,4-5,8H2,1-3H3;1H. The molecule has 0 fully saturated rings. The van der Waals surface area contributed by atoms with Gasteiger partial charge in [-0.1, -0.05) is 6.92 Å². The van der Waals surface area contributed by atoms with Crippen molar-refractivity contribution in [1.29, 1.82) is 0 Å². The number of aromatic nitrogens is 3. The minimum Gasteiger partial charge on any atom is -0.481 e. The van der Waals surface area contributed by atoms with E-state index in [0.29, 0.717) is 5.88 Å². The Morgan fingerprint density at radius 3 is 2.85 bits per heavy atom. The van der Waals surface area contributed by atoms with Crippen molar-refractivity contribution < 1.29 is 4.74 Å². The van der Waals surface area contributed by atoms with E-state index in [1.54, 1.807) is 7.11 Å². The topological polar surface area (TPSA) is 52.0 Å². The fraction of sp³-hybridized carbons (Fsp3) is 0.429. The lowest BCUT2D eigenvalue weighted by molar-refractivity contribution is 0.397. The monoisotopic (exact) mass is 294 g/mol. The van der Waals surface area contributed by atoms with Gasteiger partial charge in [0.15, 0.2) is 5.82 Å². The summed E-state index contributed by atoms with van der Waals surface area (Å²) in [6, 6.07) is 3.88. The number of hydrogen-bond acceptors (Lipinski definition) is 4. The van der Waals surface area contributed by atoms with Crippen LogP contribution in [0.2, 0.25) is 0 Å². The molecule has 0 saturated carbocycles. The molecule has 2 aromatic heterocycles. The predicted molar refractivity (Wildman–Crippen MR) is 81.2 cm³/mol. The first-order valence-corrected chi connectivity index (χ1v) is 6.61. The Bertz CT molecular complexity index is 624. The first-order chi connectivity index (χ1) is 9.24. The van der Waals surface area contributed by atoms with Crippen LogP contribution in [0.4, 0.5) is 5.69 Å². The van der Waals surface area contributed by atoms with Gasteiger partial charge in [0.05, 0.1) is 30.7 Å². The molecule has 0 radical (unpaired) electrons. The maximum atomic E-state index is 5.23. The summed E-state index contributed by atoms with van der Waals surface area (Å²) in [5, 5.41) is 3.39. The highest BCUT2D eigenvalue weighted by molar-refractivity contribution is 5.85. The molecule has 0 aromatic carbocycles. The molecule has 2 aromatic rings. The van der Waals surface area contributed by atoms with Crippen LogP contribution in [0.25, 0.3) is 5.82 Å². The molecule has 0 aliphatic carbocycles. The molecular weight excluding hydrogens is 276 g/mol. The van der Waals surface area contributed by atoms with E-state index in [0.717, 1.165) is 42.4 Å². The molecule has 5 nitrogen and oxygen atoms in total. The second-order valence-electron chi connectivity index (χ2n) is 4.72. The molecule has 0 spiro atoms. The molecule has 3 heterocycles. The molecule has 6 heteroatoms. The number of methoxy groups -OCH3 is 1. The molecule has 3 rings (SSSR count). The Kier molecular flexibility index (Phi) is 4.18. The minimum absolute atomic E-state index is 0. The van der Waals surface area contributed by atoms with E-state index in [9.17, 15) is 0 Å². The molecule has 1 aliphatic rings. The van der Waals surface area contributed by atoms with E-state index in [4.69, 9.17) is 4.74 Å². The van der Waals surface area contributed by atoms with Crippen LogP contribution in [0.1, 0.15) is 30.6 Å². The summed E-state index contributed by atoms with van der Waals surface area (Å²) < 4.78 is 7.40. The third-order valence-corrected chi connectivity index (χ3v) is 3.43. The average Bonchev–Trinajstić information content (AvgIpc) is 2.75. The number of imidazole rings is 1. The summed E-state index contributed by atoms with van der Waals surface area (Å²) >= 11 is 0. The highest BCUT2D eigenvalue weighted by Gasteiger charge is 2.23. The molecule has 0 atom stereocenters. The molecule has 1 N–H and O–H groups in total. The Balaban J connectivity index is 0.00000147. The van der Waals surface area contributed by atoms with Crippen molar-refractivity contribution in [2.75, 3.05) is 12.4 Å². The summed E-state index contributed by atoms with van der Waals surface area (Å²) in [5.41, 5.74) is 3.30. The molecule has 0 amide bonds. The van der Waals surface area contributed by atoms with Crippen molar-refractivity contribution >= 4 is 18.1 Å². The van der Waals surface area contributed by atoms with Gasteiger partial charge in [-0.25, -0.2) is 4.98 Å². The van der Waals surface area contributed by atoms with E-state index < -0.39 is 0 Å². The second-order valence-corrected chi connectivity index (χ2v) is 4.72. The van der Waals surface area contributed by atoms with Gasteiger partial charge in [-0.05, 0) is 19.4 Å². The normalized spacial score (nSPS) is 11.9. The quantitative estimate of drug-likeness (QED) is 0.946. The maximum absolute atomic E-state index is 5.23. The number of aryl methyl sites for hydroxylation is 2. The number of nitrogens with zero attached hydrogens (tertiary/aromatic N) is 3. The molecule has 1 aliphatic heterocycles. The smallest absolute Gasteiger partial charge is 0.215 e. The summed E-state index contributed by atoms with van der Waals surface area (Å²) in [6.07, 6.45) is 2.03. The van der Waals surface area contributed by atoms with Gasteiger partial charge in [0.1, 0.15) is 5.82 Å². The highest BCUT2D eigenvalue weighted by atomic mass is 35.5. The number of rotatable bonds is 3. The first-order valence-electron chi connectivity index (χ1n) is 6.61. The number of ether oxygens (including phenoxy) is 1. The van der Waals surface area contributed by atoms with Crippen molar-refractivity contribution in [3.05, 3.63) is 29.3 Å². The number of halogens is 1. The van der Waals surface area contributed by atoms with Crippen LogP contribution in [0.15, 0.2) is 12.1 Å². The van der Waals surface area contributed by atoms with Crippen LogP contribution >= 0.6 is 12.4 Å². The summed E-state index contributed by atoms with van der Waals surface area (Å²) in [5.74, 6) is 2.60. The Hall–Kier alpha value is -1.75. The lowest BCUT2D eigenvalue weighted by Crippen LogP contribution is -2.18. The largest absolute Gasteiger partial charge is 0.481 e. The van der Waals surface area contributed by atoms with Gasteiger partial charge in [-0.3, -0.25) is 4.57 Å². The zero-order valence-electron chi connectivity index (χ0n) is 11.9. The van der Waals surface area contributed by atoms with Crippen LogP contribution < -0.4 is 10.1 Å². The van der Waals surface area contributed by atoms with Crippen LogP contribution in [0.5, 0.6) is 5.88 Å². The zero-order valence-corrected chi connectivity index (χ0v) is 12.8. The van der Waals surface area contributed by atoms with Crippen molar-refractivity contribution in [2.24, 2.45) is 0 Å². The van der Waals surface area contributed by atoms with Gasteiger partial charge in [0.2, 0.25) is 5.88 Å². The summed E-state index contributed by atoms with van der Waals surface area (Å²) in [7, 11) is 1.64. The minimum atomic E-state index is 0. The molecule has 20 heavy (non-hydrogen) atoms. The van der Waals surface area contributed by atoms with E-state index >= 15 is 0 Å². The Morgan fingerprint density at radius 1 is 1.35 bits per heavy atom. The lowest BCUT2D eigenvalue weighted by Gasteiger charge is -2.22. The number of nitrogens with one attached hydrogen (secondary N) is 1. The van der Waals surface area contributed by atoms with Gasteiger partial charge < -0.3 is 10.1 Å². The fourth-order valence-electron chi connectivity index (χ4n) is 2.51. The van der Waals surface area contributed by atoms with Crippen molar-refractivity contribution in [2.45, 2.75) is 33.2 Å². The van der Waals surface area contributed by atoms with Crippen LogP contribution in [-0.2, 0) is 13.0 Å². The molecule has 0 saturated heterocycles. The first kappa shape index (κ1) is 14.7. The van der Waals surface area contributed by atoms with Gasteiger partial charge in [0.25, 0.3) is 0 Å². The molecular formula is C14H19ClN4O. The third-order valence-electron chi connectivity index (χ3n) is 3.43. The molecule has 0 bridgehead atoms. The van der Waals surface area contributed by atoms with Gasteiger partial charge >= 0.3 is 0 Å².